The second kappa shape index (κ2) is 4.80. The van der Waals surface area contributed by atoms with Crippen molar-refractivity contribution in [1.82, 2.24) is 14.4 Å². The molecule has 0 fully saturated rings. The maximum atomic E-state index is 13.3. The van der Waals surface area contributed by atoms with Gasteiger partial charge in [-0.15, -0.1) is 0 Å². The molecule has 0 amide bonds. The molecule has 0 aliphatic carbocycles. The molecule has 0 radical (unpaired) electrons. The summed E-state index contributed by atoms with van der Waals surface area (Å²) in [6, 6.07) is 4.85. The van der Waals surface area contributed by atoms with Gasteiger partial charge in [0, 0.05) is 25.1 Å². The molecular formula is C14H14FN5. The Balaban J connectivity index is 2.04. The maximum Gasteiger partial charge on any atom is 0.180 e. The molecule has 2 aromatic heterocycles. The molecule has 0 atom stereocenters. The third-order valence-corrected chi connectivity index (χ3v) is 3.05. The summed E-state index contributed by atoms with van der Waals surface area (Å²) >= 11 is 0. The number of halogens is 1. The Hall–Kier alpha value is -2.63. The molecule has 20 heavy (non-hydrogen) atoms. The minimum atomic E-state index is -0.224. The van der Waals surface area contributed by atoms with E-state index in [4.69, 9.17) is 0 Å². The van der Waals surface area contributed by atoms with E-state index in [1.54, 1.807) is 32.3 Å². The maximum absolute atomic E-state index is 13.3. The standard InChI is InChI=1S/C14H14FN5/c1-9-7-10(3-4-11(9)15)18-13-14-17-5-6-20(14)8-12(16-2)19-13/h3-8,16H,1-2H3,(H,18,19). The Bertz CT molecular complexity index is 765. The van der Waals surface area contributed by atoms with E-state index in [2.05, 4.69) is 20.6 Å². The second-order valence-corrected chi connectivity index (χ2v) is 4.47. The van der Waals surface area contributed by atoms with E-state index in [1.165, 1.54) is 6.07 Å². The number of benzene rings is 1. The summed E-state index contributed by atoms with van der Waals surface area (Å²) in [5.41, 5.74) is 2.07. The van der Waals surface area contributed by atoms with E-state index >= 15 is 0 Å². The van der Waals surface area contributed by atoms with E-state index in [-0.39, 0.29) is 5.82 Å². The minimum Gasteiger partial charge on any atom is -0.372 e. The highest BCUT2D eigenvalue weighted by Crippen LogP contribution is 2.22. The van der Waals surface area contributed by atoms with Crippen molar-refractivity contribution in [1.29, 1.82) is 0 Å². The van der Waals surface area contributed by atoms with Crippen LogP contribution in [0.2, 0.25) is 0 Å². The van der Waals surface area contributed by atoms with Crippen LogP contribution in [0.4, 0.5) is 21.7 Å². The first-order valence-corrected chi connectivity index (χ1v) is 6.22. The Morgan fingerprint density at radius 3 is 2.90 bits per heavy atom. The Morgan fingerprint density at radius 2 is 2.15 bits per heavy atom. The molecule has 0 bridgehead atoms. The van der Waals surface area contributed by atoms with Gasteiger partial charge in [0.1, 0.15) is 11.6 Å². The van der Waals surface area contributed by atoms with Gasteiger partial charge in [0.05, 0.1) is 6.20 Å². The average Bonchev–Trinajstić information content (AvgIpc) is 2.91. The van der Waals surface area contributed by atoms with Crippen LogP contribution < -0.4 is 10.6 Å². The van der Waals surface area contributed by atoms with Gasteiger partial charge < -0.3 is 15.0 Å². The van der Waals surface area contributed by atoms with E-state index in [9.17, 15) is 4.39 Å². The number of imidazole rings is 1. The zero-order valence-electron chi connectivity index (χ0n) is 11.2. The third-order valence-electron chi connectivity index (χ3n) is 3.05. The van der Waals surface area contributed by atoms with Gasteiger partial charge in [0.2, 0.25) is 0 Å². The largest absolute Gasteiger partial charge is 0.372 e. The minimum absolute atomic E-state index is 0.224. The highest BCUT2D eigenvalue weighted by atomic mass is 19.1. The second-order valence-electron chi connectivity index (χ2n) is 4.47. The summed E-state index contributed by atoms with van der Waals surface area (Å²) in [6.45, 7) is 1.73. The lowest BCUT2D eigenvalue weighted by molar-refractivity contribution is 0.619. The van der Waals surface area contributed by atoms with Crippen molar-refractivity contribution in [3.05, 3.63) is 48.2 Å². The van der Waals surface area contributed by atoms with Crippen LogP contribution in [0.25, 0.3) is 5.65 Å². The number of aromatic nitrogens is 3. The summed E-state index contributed by atoms with van der Waals surface area (Å²) in [5, 5.41) is 6.17. The lowest BCUT2D eigenvalue weighted by atomic mass is 10.2. The summed E-state index contributed by atoms with van der Waals surface area (Å²) in [5.74, 6) is 1.11. The highest BCUT2D eigenvalue weighted by molar-refractivity contribution is 5.71. The molecule has 2 heterocycles. The van der Waals surface area contributed by atoms with Crippen molar-refractivity contribution in [2.75, 3.05) is 17.7 Å². The first-order chi connectivity index (χ1) is 9.67. The molecule has 0 saturated heterocycles. The molecule has 5 nitrogen and oxygen atoms in total. The molecule has 0 aliphatic rings. The van der Waals surface area contributed by atoms with Gasteiger partial charge in [-0.05, 0) is 30.7 Å². The fourth-order valence-corrected chi connectivity index (χ4v) is 2.00. The van der Waals surface area contributed by atoms with Crippen molar-refractivity contribution >= 4 is 23.0 Å². The van der Waals surface area contributed by atoms with Crippen molar-refractivity contribution in [3.63, 3.8) is 0 Å². The number of aryl methyl sites for hydroxylation is 1. The molecular weight excluding hydrogens is 257 g/mol. The van der Waals surface area contributed by atoms with Gasteiger partial charge in [-0.2, -0.15) is 0 Å². The molecule has 0 aliphatic heterocycles. The SMILES string of the molecule is CNc1cn2ccnc2c(Nc2ccc(F)c(C)c2)n1. The van der Waals surface area contributed by atoms with E-state index in [0.717, 1.165) is 11.5 Å². The molecule has 0 saturated carbocycles. The predicted octanol–water partition coefficient (Wildman–Crippen LogP) is 2.96. The highest BCUT2D eigenvalue weighted by Gasteiger charge is 2.08. The smallest absolute Gasteiger partial charge is 0.180 e. The van der Waals surface area contributed by atoms with Gasteiger partial charge >= 0.3 is 0 Å². The molecule has 0 unspecified atom stereocenters. The number of hydrogen-bond donors (Lipinski definition) is 2. The van der Waals surface area contributed by atoms with Gasteiger partial charge in [-0.25, -0.2) is 14.4 Å². The predicted molar refractivity (Wildman–Crippen MR) is 77.0 cm³/mol. The van der Waals surface area contributed by atoms with Gasteiger partial charge in [-0.3, -0.25) is 0 Å². The summed E-state index contributed by atoms with van der Waals surface area (Å²) in [6.07, 6.45) is 5.40. The fraction of sp³-hybridized carbons (Fsp3) is 0.143. The number of nitrogens with zero attached hydrogens (tertiary/aromatic N) is 3. The van der Waals surface area contributed by atoms with Crippen molar-refractivity contribution in [3.8, 4) is 0 Å². The van der Waals surface area contributed by atoms with Crippen LogP contribution in [0.5, 0.6) is 0 Å². The van der Waals surface area contributed by atoms with Crippen molar-refractivity contribution in [2.45, 2.75) is 6.92 Å². The first kappa shape index (κ1) is 12.4. The quantitative estimate of drug-likeness (QED) is 0.769. The molecule has 3 aromatic rings. The molecule has 2 N–H and O–H groups in total. The number of rotatable bonds is 3. The van der Waals surface area contributed by atoms with E-state index in [1.807, 2.05) is 16.8 Å². The Labute approximate surface area is 115 Å². The summed E-state index contributed by atoms with van der Waals surface area (Å²) in [4.78, 5) is 8.71. The number of anilines is 3. The number of fused-ring (bicyclic) bond motifs is 1. The Morgan fingerprint density at radius 1 is 1.30 bits per heavy atom. The number of nitrogens with one attached hydrogen (secondary N) is 2. The van der Waals surface area contributed by atoms with Crippen LogP contribution in [-0.4, -0.2) is 21.4 Å². The fourth-order valence-electron chi connectivity index (χ4n) is 2.00. The van der Waals surface area contributed by atoms with Crippen molar-refractivity contribution < 1.29 is 4.39 Å². The normalized spacial score (nSPS) is 10.8. The van der Waals surface area contributed by atoms with Gasteiger partial charge in [0.25, 0.3) is 0 Å². The molecule has 0 spiro atoms. The monoisotopic (exact) mass is 271 g/mol. The van der Waals surface area contributed by atoms with Crippen LogP contribution in [-0.2, 0) is 0 Å². The van der Waals surface area contributed by atoms with E-state index in [0.29, 0.717) is 17.0 Å². The topological polar surface area (TPSA) is 54.2 Å². The van der Waals surface area contributed by atoms with Crippen LogP contribution in [0.15, 0.2) is 36.8 Å². The number of hydrogen-bond acceptors (Lipinski definition) is 4. The van der Waals surface area contributed by atoms with Crippen LogP contribution in [0.3, 0.4) is 0 Å². The Kier molecular flexibility index (Phi) is 2.98. The zero-order valence-corrected chi connectivity index (χ0v) is 11.2. The lowest BCUT2D eigenvalue weighted by Crippen LogP contribution is -2.02. The molecule has 1 aromatic carbocycles. The first-order valence-electron chi connectivity index (χ1n) is 6.22. The zero-order chi connectivity index (χ0) is 14.1. The van der Waals surface area contributed by atoms with Crippen LogP contribution in [0, 0.1) is 12.7 Å². The average molecular weight is 271 g/mol. The van der Waals surface area contributed by atoms with Gasteiger partial charge in [0.15, 0.2) is 11.5 Å². The lowest BCUT2D eigenvalue weighted by Gasteiger charge is -2.10. The summed E-state index contributed by atoms with van der Waals surface area (Å²) < 4.78 is 15.2. The van der Waals surface area contributed by atoms with Crippen LogP contribution >= 0.6 is 0 Å². The molecule has 3 rings (SSSR count). The molecule has 102 valence electrons. The van der Waals surface area contributed by atoms with Crippen LogP contribution in [0.1, 0.15) is 5.56 Å². The summed E-state index contributed by atoms with van der Waals surface area (Å²) in [7, 11) is 1.80. The third kappa shape index (κ3) is 2.16. The van der Waals surface area contributed by atoms with Crippen molar-refractivity contribution in [2.24, 2.45) is 0 Å². The van der Waals surface area contributed by atoms with Gasteiger partial charge in [-0.1, -0.05) is 0 Å². The van der Waals surface area contributed by atoms with E-state index < -0.39 is 0 Å². The molecule has 6 heteroatoms.